The van der Waals surface area contributed by atoms with Crippen molar-refractivity contribution in [3.8, 4) is 5.75 Å². The summed E-state index contributed by atoms with van der Waals surface area (Å²) in [5, 5.41) is 5.28. The molecule has 0 spiro atoms. The summed E-state index contributed by atoms with van der Waals surface area (Å²) in [5.41, 5.74) is 1.81. The molecule has 30 heavy (non-hydrogen) atoms. The second-order valence-corrected chi connectivity index (χ2v) is 6.63. The van der Waals surface area contributed by atoms with Crippen molar-refractivity contribution in [1.82, 2.24) is 0 Å². The van der Waals surface area contributed by atoms with Crippen LogP contribution in [0.3, 0.4) is 0 Å². The van der Waals surface area contributed by atoms with E-state index < -0.39 is 29.9 Å². The highest BCUT2D eigenvalue weighted by Gasteiger charge is 2.30. The van der Waals surface area contributed by atoms with E-state index in [0.717, 1.165) is 5.56 Å². The zero-order valence-corrected chi connectivity index (χ0v) is 16.6. The van der Waals surface area contributed by atoms with Crippen molar-refractivity contribution in [1.29, 1.82) is 0 Å². The number of benzene rings is 2. The minimum Gasteiger partial charge on any atom is -0.478 e. The molecule has 0 bridgehead atoms. The number of ether oxygens (including phenoxy) is 3. The van der Waals surface area contributed by atoms with Crippen LogP contribution in [0.1, 0.15) is 32.7 Å². The molecule has 2 N–H and O–H groups in total. The van der Waals surface area contributed by atoms with E-state index in [0.29, 0.717) is 11.4 Å². The Hall–Kier alpha value is -3.88. The van der Waals surface area contributed by atoms with Gasteiger partial charge in [-0.2, -0.15) is 0 Å². The summed E-state index contributed by atoms with van der Waals surface area (Å²) in [5.74, 6) is -1.87. The molecule has 0 radical (unpaired) electrons. The van der Waals surface area contributed by atoms with Gasteiger partial charge in [-0.3, -0.25) is 9.59 Å². The molecule has 0 aromatic heterocycles. The van der Waals surface area contributed by atoms with E-state index >= 15 is 0 Å². The van der Waals surface area contributed by atoms with Crippen molar-refractivity contribution in [2.45, 2.75) is 19.4 Å². The fourth-order valence-corrected chi connectivity index (χ4v) is 2.95. The first-order chi connectivity index (χ1) is 14.3. The summed E-state index contributed by atoms with van der Waals surface area (Å²) in [4.78, 5) is 48.5. The number of nitrogens with one attached hydrogen (secondary N) is 2. The van der Waals surface area contributed by atoms with Crippen LogP contribution in [0.4, 0.5) is 11.4 Å². The standard InChI is InChI=1S/C21H20N2O7/c1-11-4-5-16-15(6-11)23-19(25)17(30-16)10-18(24)22-14-8-12(20(26)28-2)7-13(9-14)21(27)29-3/h4-9,17H,10H2,1-3H3,(H,22,24)(H,23,25)/t17-/m1/s1. The number of hydrogen-bond acceptors (Lipinski definition) is 7. The Bertz CT molecular complexity index is 998. The van der Waals surface area contributed by atoms with Crippen LogP contribution in [0.25, 0.3) is 0 Å². The van der Waals surface area contributed by atoms with Gasteiger partial charge in [0.05, 0.1) is 37.5 Å². The number of anilines is 2. The SMILES string of the molecule is COC(=O)c1cc(NC(=O)C[C@H]2Oc3ccc(C)cc3NC2=O)cc(C(=O)OC)c1. The molecule has 2 aromatic carbocycles. The molecule has 2 aromatic rings. The molecule has 1 heterocycles. The predicted molar refractivity (Wildman–Crippen MR) is 107 cm³/mol. The largest absolute Gasteiger partial charge is 0.478 e. The van der Waals surface area contributed by atoms with Gasteiger partial charge in [-0.05, 0) is 42.8 Å². The van der Waals surface area contributed by atoms with E-state index in [9.17, 15) is 19.2 Å². The topological polar surface area (TPSA) is 120 Å². The molecule has 0 saturated carbocycles. The van der Waals surface area contributed by atoms with Gasteiger partial charge in [0.15, 0.2) is 6.10 Å². The molecule has 0 fully saturated rings. The Kier molecular flexibility index (Phi) is 6.01. The number of carbonyl (C=O) groups is 4. The number of fused-ring (bicyclic) bond motifs is 1. The first kappa shape index (κ1) is 20.8. The number of aryl methyl sites for hydroxylation is 1. The summed E-state index contributed by atoms with van der Waals surface area (Å²) in [7, 11) is 2.40. The zero-order chi connectivity index (χ0) is 21.8. The Morgan fingerprint density at radius 1 is 1.03 bits per heavy atom. The second-order valence-electron chi connectivity index (χ2n) is 6.63. The number of amides is 2. The minimum absolute atomic E-state index is 0.0617. The average Bonchev–Trinajstić information content (AvgIpc) is 2.72. The van der Waals surface area contributed by atoms with Gasteiger partial charge in [0.1, 0.15) is 5.75 Å². The first-order valence-electron chi connectivity index (χ1n) is 9.00. The summed E-state index contributed by atoms with van der Waals surface area (Å²) in [6.45, 7) is 1.89. The lowest BCUT2D eigenvalue weighted by Gasteiger charge is -2.25. The molecule has 1 aliphatic rings. The quantitative estimate of drug-likeness (QED) is 0.723. The summed E-state index contributed by atoms with van der Waals surface area (Å²) in [6, 6.07) is 9.34. The lowest BCUT2D eigenvalue weighted by Crippen LogP contribution is -2.39. The normalized spacial score (nSPS) is 14.6. The molecule has 0 unspecified atom stereocenters. The molecule has 9 nitrogen and oxygen atoms in total. The van der Waals surface area contributed by atoms with Gasteiger partial charge in [-0.25, -0.2) is 9.59 Å². The second kappa shape index (κ2) is 8.64. The maximum absolute atomic E-state index is 12.5. The van der Waals surface area contributed by atoms with Crippen LogP contribution in [0.5, 0.6) is 5.75 Å². The Labute approximate surface area is 172 Å². The molecule has 9 heteroatoms. The van der Waals surface area contributed by atoms with Crippen molar-refractivity contribution in [2.24, 2.45) is 0 Å². The predicted octanol–water partition coefficient (Wildman–Crippen LogP) is 2.30. The van der Waals surface area contributed by atoms with Crippen molar-refractivity contribution in [3.05, 3.63) is 53.1 Å². The lowest BCUT2D eigenvalue weighted by atomic mass is 10.1. The van der Waals surface area contributed by atoms with E-state index in [1.165, 1.54) is 32.4 Å². The highest BCUT2D eigenvalue weighted by Crippen LogP contribution is 2.31. The number of methoxy groups -OCH3 is 2. The highest BCUT2D eigenvalue weighted by molar-refractivity contribution is 6.03. The van der Waals surface area contributed by atoms with Crippen LogP contribution in [-0.4, -0.2) is 44.1 Å². The molecular weight excluding hydrogens is 392 g/mol. The van der Waals surface area contributed by atoms with Crippen LogP contribution in [0.15, 0.2) is 36.4 Å². The maximum atomic E-state index is 12.5. The molecule has 156 valence electrons. The van der Waals surface area contributed by atoms with Gasteiger partial charge in [0, 0.05) is 5.69 Å². The van der Waals surface area contributed by atoms with Crippen LogP contribution in [0.2, 0.25) is 0 Å². The van der Waals surface area contributed by atoms with Crippen LogP contribution in [0, 0.1) is 6.92 Å². The number of rotatable bonds is 5. The number of hydrogen-bond donors (Lipinski definition) is 2. The molecule has 1 atom stereocenters. The smallest absolute Gasteiger partial charge is 0.337 e. The third-order valence-corrected chi connectivity index (χ3v) is 4.38. The summed E-state index contributed by atoms with van der Waals surface area (Å²) < 4.78 is 15.0. The fourth-order valence-electron chi connectivity index (χ4n) is 2.95. The number of carbonyl (C=O) groups excluding carboxylic acids is 4. The Morgan fingerprint density at radius 3 is 2.27 bits per heavy atom. The van der Waals surface area contributed by atoms with Gasteiger partial charge < -0.3 is 24.8 Å². The third kappa shape index (κ3) is 4.57. The van der Waals surface area contributed by atoms with Crippen molar-refractivity contribution < 1.29 is 33.4 Å². The average molecular weight is 412 g/mol. The number of esters is 2. The molecule has 2 amide bonds. The van der Waals surface area contributed by atoms with E-state index in [4.69, 9.17) is 4.74 Å². The van der Waals surface area contributed by atoms with Gasteiger partial charge in [0.2, 0.25) is 5.91 Å². The molecular formula is C21H20N2O7. The van der Waals surface area contributed by atoms with E-state index in [1.807, 2.05) is 13.0 Å². The highest BCUT2D eigenvalue weighted by atomic mass is 16.5. The monoisotopic (exact) mass is 412 g/mol. The van der Waals surface area contributed by atoms with Gasteiger partial charge >= 0.3 is 11.9 Å². The third-order valence-electron chi connectivity index (χ3n) is 4.38. The molecule has 1 aliphatic heterocycles. The fraction of sp³-hybridized carbons (Fsp3) is 0.238. The van der Waals surface area contributed by atoms with E-state index in [1.54, 1.807) is 12.1 Å². The van der Waals surface area contributed by atoms with Gasteiger partial charge in [0.25, 0.3) is 5.91 Å². The van der Waals surface area contributed by atoms with E-state index in [2.05, 4.69) is 20.1 Å². The molecule has 3 rings (SSSR count). The first-order valence-corrected chi connectivity index (χ1v) is 9.00. The summed E-state index contributed by atoms with van der Waals surface area (Å²) >= 11 is 0. The maximum Gasteiger partial charge on any atom is 0.337 e. The van der Waals surface area contributed by atoms with Gasteiger partial charge in [-0.1, -0.05) is 6.07 Å². The van der Waals surface area contributed by atoms with Crippen molar-refractivity contribution >= 4 is 35.1 Å². The van der Waals surface area contributed by atoms with Crippen LogP contribution < -0.4 is 15.4 Å². The van der Waals surface area contributed by atoms with Crippen molar-refractivity contribution in [3.63, 3.8) is 0 Å². The zero-order valence-electron chi connectivity index (χ0n) is 16.6. The van der Waals surface area contributed by atoms with Gasteiger partial charge in [-0.15, -0.1) is 0 Å². The lowest BCUT2D eigenvalue weighted by molar-refractivity contribution is -0.128. The van der Waals surface area contributed by atoms with Crippen LogP contribution >= 0.6 is 0 Å². The van der Waals surface area contributed by atoms with Crippen LogP contribution in [-0.2, 0) is 19.1 Å². The molecule has 0 saturated heterocycles. The van der Waals surface area contributed by atoms with E-state index in [-0.39, 0.29) is 23.2 Å². The minimum atomic E-state index is -1.02. The molecule has 0 aliphatic carbocycles. The Morgan fingerprint density at radius 2 is 1.67 bits per heavy atom. The summed E-state index contributed by atoms with van der Waals surface area (Å²) in [6.07, 6.45) is -1.29. The Balaban J connectivity index is 1.75. The van der Waals surface area contributed by atoms with Crippen molar-refractivity contribution in [2.75, 3.05) is 24.9 Å².